The molecule has 0 saturated carbocycles. The van der Waals surface area contributed by atoms with Gasteiger partial charge in [-0.25, -0.2) is 4.79 Å². The number of ether oxygens (including phenoxy) is 3. The summed E-state index contributed by atoms with van der Waals surface area (Å²) >= 11 is 0. The van der Waals surface area contributed by atoms with Crippen LogP contribution in [0.5, 0.6) is 11.5 Å². The first-order valence-corrected chi connectivity index (χ1v) is 8.68. The molecular weight excluding hydrogens is 346 g/mol. The molecule has 0 unspecified atom stereocenters. The fourth-order valence-electron chi connectivity index (χ4n) is 2.60. The van der Waals surface area contributed by atoms with Crippen molar-refractivity contribution in [3.63, 3.8) is 0 Å². The molecule has 0 spiro atoms. The van der Waals surface area contributed by atoms with Gasteiger partial charge in [0.05, 0.1) is 19.8 Å². The van der Waals surface area contributed by atoms with E-state index in [1.54, 1.807) is 17.0 Å². The molecule has 144 valence electrons. The molecule has 2 rings (SSSR count). The Morgan fingerprint density at radius 2 is 1.63 bits per heavy atom. The van der Waals surface area contributed by atoms with Gasteiger partial charge >= 0.3 is 5.97 Å². The molecule has 0 atom stereocenters. The summed E-state index contributed by atoms with van der Waals surface area (Å²) in [4.78, 5) is 26.5. The zero-order valence-corrected chi connectivity index (χ0v) is 16.1. The van der Waals surface area contributed by atoms with Gasteiger partial charge < -0.3 is 19.1 Å². The van der Waals surface area contributed by atoms with E-state index in [0.717, 1.165) is 5.56 Å². The van der Waals surface area contributed by atoms with Gasteiger partial charge in [0.25, 0.3) is 5.91 Å². The van der Waals surface area contributed by atoms with Crippen molar-refractivity contribution in [3.05, 3.63) is 59.7 Å². The molecule has 0 aliphatic heterocycles. The average Bonchev–Trinajstić information content (AvgIpc) is 2.69. The molecule has 0 bridgehead atoms. The van der Waals surface area contributed by atoms with E-state index in [1.807, 2.05) is 44.2 Å². The lowest BCUT2D eigenvalue weighted by molar-refractivity contribution is -0.136. The third-order valence-corrected chi connectivity index (χ3v) is 4.09. The van der Waals surface area contributed by atoms with Crippen LogP contribution in [0.15, 0.2) is 48.5 Å². The molecule has 0 N–H and O–H groups in total. The summed E-state index contributed by atoms with van der Waals surface area (Å²) < 4.78 is 15.5. The van der Waals surface area contributed by atoms with Crippen molar-refractivity contribution < 1.29 is 23.8 Å². The van der Waals surface area contributed by atoms with Gasteiger partial charge in [-0.1, -0.05) is 30.3 Å². The maximum Gasteiger partial charge on any atom is 0.338 e. The molecule has 0 saturated heterocycles. The molecule has 0 aliphatic rings. The Morgan fingerprint density at radius 3 is 2.22 bits per heavy atom. The van der Waals surface area contributed by atoms with Crippen LogP contribution < -0.4 is 9.47 Å². The van der Waals surface area contributed by atoms with Crippen LogP contribution in [0, 0.1) is 0 Å². The van der Waals surface area contributed by atoms with Crippen LogP contribution in [0.2, 0.25) is 0 Å². The number of amides is 1. The SMILES string of the molecule is COc1ccc(C(=O)OCC(=O)N(Cc2ccccc2)C(C)C)cc1OC. The van der Waals surface area contributed by atoms with E-state index < -0.39 is 5.97 Å². The van der Waals surface area contributed by atoms with Gasteiger partial charge in [0, 0.05) is 12.6 Å². The van der Waals surface area contributed by atoms with E-state index in [4.69, 9.17) is 14.2 Å². The molecule has 2 aromatic carbocycles. The fourth-order valence-corrected chi connectivity index (χ4v) is 2.60. The van der Waals surface area contributed by atoms with Gasteiger partial charge in [-0.15, -0.1) is 0 Å². The summed E-state index contributed by atoms with van der Waals surface area (Å²) in [5.74, 6) is 0.0977. The highest BCUT2D eigenvalue weighted by Gasteiger charge is 2.20. The van der Waals surface area contributed by atoms with Gasteiger partial charge in [-0.2, -0.15) is 0 Å². The second-order valence-corrected chi connectivity index (χ2v) is 6.25. The number of benzene rings is 2. The molecule has 6 heteroatoms. The lowest BCUT2D eigenvalue weighted by Gasteiger charge is -2.26. The minimum Gasteiger partial charge on any atom is -0.493 e. The summed E-state index contributed by atoms with van der Waals surface area (Å²) in [6, 6.07) is 14.4. The highest BCUT2D eigenvalue weighted by Crippen LogP contribution is 2.27. The van der Waals surface area contributed by atoms with Crippen molar-refractivity contribution in [2.75, 3.05) is 20.8 Å². The number of carbonyl (C=O) groups is 2. The molecule has 1 amide bonds. The molecule has 0 aromatic heterocycles. The first kappa shape index (κ1) is 20.3. The molecule has 0 heterocycles. The zero-order chi connectivity index (χ0) is 19.8. The van der Waals surface area contributed by atoms with Gasteiger partial charge in [-0.3, -0.25) is 4.79 Å². The van der Waals surface area contributed by atoms with E-state index in [1.165, 1.54) is 20.3 Å². The number of hydrogen-bond donors (Lipinski definition) is 0. The number of esters is 1. The summed E-state index contributed by atoms with van der Waals surface area (Å²) in [6.07, 6.45) is 0. The highest BCUT2D eigenvalue weighted by molar-refractivity contribution is 5.92. The van der Waals surface area contributed by atoms with Crippen molar-refractivity contribution in [3.8, 4) is 11.5 Å². The smallest absolute Gasteiger partial charge is 0.338 e. The quantitative estimate of drug-likeness (QED) is 0.666. The normalized spacial score (nSPS) is 10.4. The van der Waals surface area contributed by atoms with Gasteiger partial charge in [-0.05, 0) is 37.6 Å². The lowest BCUT2D eigenvalue weighted by Crippen LogP contribution is -2.39. The number of hydrogen-bond acceptors (Lipinski definition) is 5. The third-order valence-electron chi connectivity index (χ3n) is 4.09. The van der Waals surface area contributed by atoms with E-state index in [0.29, 0.717) is 23.6 Å². The summed E-state index contributed by atoms with van der Waals surface area (Å²) in [7, 11) is 3.00. The van der Waals surface area contributed by atoms with Crippen LogP contribution in [-0.2, 0) is 16.1 Å². The van der Waals surface area contributed by atoms with Crippen molar-refractivity contribution in [1.82, 2.24) is 4.90 Å². The first-order chi connectivity index (χ1) is 13.0. The Hall–Kier alpha value is -3.02. The van der Waals surface area contributed by atoms with Crippen LogP contribution >= 0.6 is 0 Å². The minimum absolute atomic E-state index is 0.0162. The standard InChI is InChI=1S/C21H25NO5/c1-15(2)22(13-16-8-6-5-7-9-16)20(23)14-27-21(24)17-10-11-18(25-3)19(12-17)26-4/h5-12,15H,13-14H2,1-4H3. The largest absolute Gasteiger partial charge is 0.493 e. The van der Waals surface area contributed by atoms with Crippen LogP contribution in [0.1, 0.15) is 29.8 Å². The summed E-state index contributed by atoms with van der Waals surface area (Å²) in [5, 5.41) is 0. The summed E-state index contributed by atoms with van der Waals surface area (Å²) in [5.41, 5.74) is 1.31. The van der Waals surface area contributed by atoms with Crippen LogP contribution in [-0.4, -0.2) is 43.6 Å². The Morgan fingerprint density at radius 1 is 0.963 bits per heavy atom. The van der Waals surface area contributed by atoms with Crippen LogP contribution in [0.4, 0.5) is 0 Å². The molecule has 27 heavy (non-hydrogen) atoms. The molecular formula is C21H25NO5. The Kier molecular flexibility index (Phi) is 7.23. The number of rotatable bonds is 8. The van der Waals surface area contributed by atoms with Crippen molar-refractivity contribution in [1.29, 1.82) is 0 Å². The molecule has 0 aliphatic carbocycles. The van der Waals surface area contributed by atoms with Crippen molar-refractivity contribution in [2.45, 2.75) is 26.4 Å². The van der Waals surface area contributed by atoms with Crippen molar-refractivity contribution in [2.24, 2.45) is 0 Å². The third kappa shape index (κ3) is 5.48. The Labute approximate surface area is 159 Å². The topological polar surface area (TPSA) is 65.1 Å². The molecule has 2 aromatic rings. The van der Waals surface area contributed by atoms with E-state index in [9.17, 15) is 9.59 Å². The molecule has 0 radical (unpaired) electrons. The lowest BCUT2D eigenvalue weighted by atomic mass is 10.2. The average molecular weight is 371 g/mol. The van der Waals surface area contributed by atoms with Crippen LogP contribution in [0.25, 0.3) is 0 Å². The second-order valence-electron chi connectivity index (χ2n) is 6.25. The van der Waals surface area contributed by atoms with Gasteiger partial charge in [0.1, 0.15) is 0 Å². The number of nitrogens with zero attached hydrogens (tertiary/aromatic N) is 1. The second kappa shape index (κ2) is 9.62. The molecule has 6 nitrogen and oxygen atoms in total. The maximum atomic E-state index is 12.6. The predicted molar refractivity (Wildman–Crippen MR) is 102 cm³/mol. The Balaban J connectivity index is 2.01. The van der Waals surface area contributed by atoms with E-state index >= 15 is 0 Å². The molecule has 0 fully saturated rings. The first-order valence-electron chi connectivity index (χ1n) is 8.68. The maximum absolute atomic E-state index is 12.6. The zero-order valence-electron chi connectivity index (χ0n) is 16.1. The number of carbonyl (C=O) groups excluding carboxylic acids is 2. The monoisotopic (exact) mass is 371 g/mol. The van der Waals surface area contributed by atoms with Crippen LogP contribution in [0.3, 0.4) is 0 Å². The minimum atomic E-state index is -0.590. The van der Waals surface area contributed by atoms with Gasteiger partial charge in [0.15, 0.2) is 18.1 Å². The fraction of sp³-hybridized carbons (Fsp3) is 0.333. The highest BCUT2D eigenvalue weighted by atomic mass is 16.5. The predicted octanol–water partition coefficient (Wildman–Crippen LogP) is 3.30. The number of methoxy groups -OCH3 is 2. The van der Waals surface area contributed by atoms with E-state index in [-0.39, 0.29) is 18.6 Å². The van der Waals surface area contributed by atoms with E-state index in [2.05, 4.69) is 0 Å². The van der Waals surface area contributed by atoms with Gasteiger partial charge in [0.2, 0.25) is 0 Å². The Bertz CT molecular complexity index is 773. The summed E-state index contributed by atoms with van der Waals surface area (Å²) in [6.45, 7) is 4.00. The van der Waals surface area contributed by atoms with Crippen molar-refractivity contribution >= 4 is 11.9 Å².